The quantitative estimate of drug-likeness (QED) is 0.454. The highest BCUT2D eigenvalue weighted by Gasteiger charge is 2.17. The van der Waals surface area contributed by atoms with E-state index in [4.69, 9.17) is 9.47 Å². The van der Waals surface area contributed by atoms with Gasteiger partial charge in [-0.05, 0) is 47.7 Å². The summed E-state index contributed by atoms with van der Waals surface area (Å²) in [6, 6.07) is 17.9. The molecule has 1 N–H and O–H groups in total. The average molecular weight is 467 g/mol. The van der Waals surface area contributed by atoms with Crippen molar-refractivity contribution in [2.45, 2.75) is 19.4 Å². The van der Waals surface area contributed by atoms with Gasteiger partial charge in [-0.3, -0.25) is 9.59 Å². The molecule has 2 amide bonds. The van der Waals surface area contributed by atoms with Gasteiger partial charge in [-0.1, -0.05) is 30.3 Å². The third kappa shape index (κ3) is 7.18. The first-order valence-corrected chi connectivity index (χ1v) is 11.3. The van der Waals surface area contributed by atoms with E-state index in [9.17, 15) is 14.4 Å². The monoisotopic (exact) mass is 466 g/mol. The lowest BCUT2D eigenvalue weighted by molar-refractivity contribution is -0.133. The lowest BCUT2D eigenvalue weighted by Gasteiger charge is -2.16. The third-order valence-electron chi connectivity index (χ3n) is 4.95. The summed E-state index contributed by atoms with van der Waals surface area (Å²) in [5.41, 5.74) is 1.55. The fraction of sp³-hybridized carbons (Fsp3) is 0.240. The normalized spacial score (nSPS) is 10.4. The van der Waals surface area contributed by atoms with Gasteiger partial charge in [0, 0.05) is 18.3 Å². The van der Waals surface area contributed by atoms with Gasteiger partial charge in [0.25, 0.3) is 5.91 Å². The van der Waals surface area contributed by atoms with Crippen LogP contribution in [0, 0.1) is 0 Å². The van der Waals surface area contributed by atoms with Crippen LogP contribution in [-0.4, -0.2) is 43.4 Å². The van der Waals surface area contributed by atoms with Gasteiger partial charge in [0.2, 0.25) is 5.91 Å². The maximum atomic E-state index is 12.6. The number of benzene rings is 2. The van der Waals surface area contributed by atoms with E-state index < -0.39 is 5.97 Å². The number of ether oxygens (including phenoxy) is 2. The number of amides is 2. The molecule has 1 aromatic heterocycles. The first kappa shape index (κ1) is 24.0. The first-order valence-electron chi connectivity index (χ1n) is 10.4. The molecule has 0 bridgehead atoms. The van der Waals surface area contributed by atoms with Crippen LogP contribution < -0.4 is 10.1 Å². The second-order valence-corrected chi connectivity index (χ2v) is 8.38. The molecule has 0 radical (unpaired) electrons. The summed E-state index contributed by atoms with van der Waals surface area (Å²) in [5, 5.41) is 4.71. The number of thiophene rings is 1. The molecule has 0 fully saturated rings. The van der Waals surface area contributed by atoms with E-state index in [-0.39, 0.29) is 30.4 Å². The van der Waals surface area contributed by atoms with E-state index in [0.29, 0.717) is 18.7 Å². The van der Waals surface area contributed by atoms with Gasteiger partial charge in [-0.2, -0.15) is 0 Å². The number of esters is 1. The van der Waals surface area contributed by atoms with Crippen LogP contribution in [0.15, 0.2) is 66.0 Å². The molecule has 3 aromatic rings. The Morgan fingerprint density at radius 1 is 1.00 bits per heavy atom. The zero-order valence-corrected chi connectivity index (χ0v) is 19.4. The molecular weight excluding hydrogens is 440 g/mol. The summed E-state index contributed by atoms with van der Waals surface area (Å²) >= 11 is 1.55. The summed E-state index contributed by atoms with van der Waals surface area (Å²) in [7, 11) is 3.26. The molecule has 0 saturated carbocycles. The van der Waals surface area contributed by atoms with Gasteiger partial charge in [-0.15, -0.1) is 11.3 Å². The molecule has 2 aromatic carbocycles. The van der Waals surface area contributed by atoms with E-state index in [0.717, 1.165) is 16.2 Å². The number of carbonyl (C=O) groups is 3. The van der Waals surface area contributed by atoms with E-state index in [1.165, 1.54) is 4.90 Å². The Hall–Kier alpha value is -3.65. The highest BCUT2D eigenvalue weighted by molar-refractivity contribution is 7.09. The number of hydrogen-bond donors (Lipinski definition) is 1. The molecule has 0 atom stereocenters. The van der Waals surface area contributed by atoms with Crippen LogP contribution >= 0.6 is 11.3 Å². The van der Waals surface area contributed by atoms with Gasteiger partial charge in [-0.25, -0.2) is 4.79 Å². The van der Waals surface area contributed by atoms with Crippen molar-refractivity contribution in [3.63, 3.8) is 0 Å². The van der Waals surface area contributed by atoms with Crippen molar-refractivity contribution in [1.29, 1.82) is 0 Å². The number of aryl methyl sites for hydroxylation is 1. The van der Waals surface area contributed by atoms with Crippen molar-refractivity contribution < 1.29 is 23.9 Å². The number of methoxy groups -OCH3 is 1. The van der Waals surface area contributed by atoms with Crippen molar-refractivity contribution in [3.05, 3.63) is 82.0 Å². The molecule has 3 rings (SSSR count). The van der Waals surface area contributed by atoms with Gasteiger partial charge < -0.3 is 19.7 Å². The number of anilines is 1. The number of hydrogen-bond acceptors (Lipinski definition) is 6. The predicted octanol–water partition coefficient (Wildman–Crippen LogP) is 4.14. The number of para-hydroxylation sites is 1. The highest BCUT2D eigenvalue weighted by Crippen LogP contribution is 2.18. The Bertz CT molecular complexity index is 1080. The van der Waals surface area contributed by atoms with Crippen LogP contribution in [0.3, 0.4) is 0 Å². The number of rotatable bonds is 10. The summed E-state index contributed by atoms with van der Waals surface area (Å²) in [6.45, 7) is 0.0787. The molecule has 172 valence electrons. The fourth-order valence-electron chi connectivity index (χ4n) is 3.07. The van der Waals surface area contributed by atoms with Gasteiger partial charge in [0.05, 0.1) is 24.9 Å². The van der Waals surface area contributed by atoms with Crippen molar-refractivity contribution in [2.75, 3.05) is 26.1 Å². The summed E-state index contributed by atoms with van der Waals surface area (Å²) in [4.78, 5) is 39.9. The van der Waals surface area contributed by atoms with E-state index in [1.807, 2.05) is 41.8 Å². The average Bonchev–Trinajstić information content (AvgIpc) is 3.34. The zero-order chi connectivity index (χ0) is 23.6. The van der Waals surface area contributed by atoms with Crippen molar-refractivity contribution >= 4 is 34.8 Å². The minimum atomic E-state index is -0.668. The summed E-state index contributed by atoms with van der Waals surface area (Å²) in [6.07, 6.45) is 0.801. The molecule has 0 spiro atoms. The molecule has 8 heteroatoms. The molecule has 0 aliphatic rings. The van der Waals surface area contributed by atoms with E-state index in [1.54, 1.807) is 49.8 Å². The van der Waals surface area contributed by atoms with Crippen LogP contribution in [0.2, 0.25) is 0 Å². The lowest BCUT2D eigenvalue weighted by atomic mass is 10.1. The number of nitrogens with one attached hydrogen (secondary N) is 1. The molecule has 7 nitrogen and oxygen atoms in total. The Labute approximate surface area is 196 Å². The third-order valence-corrected chi connectivity index (χ3v) is 5.81. The molecule has 0 aliphatic heterocycles. The van der Waals surface area contributed by atoms with Gasteiger partial charge in [0.15, 0.2) is 6.61 Å². The smallest absolute Gasteiger partial charge is 0.340 e. The molecule has 1 heterocycles. The van der Waals surface area contributed by atoms with Crippen LogP contribution in [0.25, 0.3) is 0 Å². The Kier molecular flexibility index (Phi) is 8.60. The molecule has 0 unspecified atom stereocenters. The Balaban J connectivity index is 1.52. The standard InChI is InChI=1S/C25H26N2O5S/c1-27(16-20-6-5-15-33-20)24(29)17-32-25(30)21-7-3-4-8-22(21)26-23(28)14-11-18-9-12-19(31-2)13-10-18/h3-10,12-13,15H,11,14,16-17H2,1-2H3,(H,26,28). The van der Waals surface area contributed by atoms with E-state index >= 15 is 0 Å². The highest BCUT2D eigenvalue weighted by atomic mass is 32.1. The SMILES string of the molecule is COc1ccc(CCC(=O)Nc2ccccc2C(=O)OCC(=O)N(C)Cc2cccs2)cc1. The molecule has 33 heavy (non-hydrogen) atoms. The maximum absolute atomic E-state index is 12.6. The second-order valence-electron chi connectivity index (χ2n) is 7.35. The number of nitrogens with zero attached hydrogens (tertiary/aromatic N) is 1. The van der Waals surface area contributed by atoms with Crippen molar-refractivity contribution in [1.82, 2.24) is 4.90 Å². The lowest BCUT2D eigenvalue weighted by Crippen LogP contribution is -2.30. The number of likely N-dealkylation sites (N-methyl/N-ethyl adjacent to an activating group) is 1. The minimum Gasteiger partial charge on any atom is -0.497 e. The second kappa shape index (κ2) is 11.8. The largest absolute Gasteiger partial charge is 0.497 e. The topological polar surface area (TPSA) is 84.9 Å². The maximum Gasteiger partial charge on any atom is 0.340 e. The van der Waals surface area contributed by atoms with Crippen LogP contribution in [-0.2, 0) is 27.3 Å². The predicted molar refractivity (Wildman–Crippen MR) is 127 cm³/mol. The van der Waals surface area contributed by atoms with Crippen LogP contribution in [0.1, 0.15) is 27.2 Å². The Morgan fingerprint density at radius 3 is 2.45 bits per heavy atom. The van der Waals surface area contributed by atoms with Gasteiger partial charge in [0.1, 0.15) is 5.75 Å². The zero-order valence-electron chi connectivity index (χ0n) is 18.6. The van der Waals surface area contributed by atoms with Crippen molar-refractivity contribution in [3.8, 4) is 5.75 Å². The van der Waals surface area contributed by atoms with E-state index in [2.05, 4.69) is 5.32 Å². The summed E-state index contributed by atoms with van der Waals surface area (Å²) < 4.78 is 10.3. The minimum absolute atomic E-state index is 0.198. The van der Waals surface area contributed by atoms with Crippen LogP contribution in [0.4, 0.5) is 5.69 Å². The van der Waals surface area contributed by atoms with Crippen LogP contribution in [0.5, 0.6) is 5.75 Å². The summed E-state index contributed by atoms with van der Waals surface area (Å²) in [5.74, 6) is -0.443. The first-order chi connectivity index (χ1) is 16.0. The molecule has 0 saturated heterocycles. The van der Waals surface area contributed by atoms with Gasteiger partial charge >= 0.3 is 5.97 Å². The molecular formula is C25H26N2O5S. The fourth-order valence-corrected chi connectivity index (χ4v) is 3.83. The van der Waals surface area contributed by atoms with Crippen molar-refractivity contribution in [2.24, 2.45) is 0 Å². The Morgan fingerprint density at radius 2 is 1.76 bits per heavy atom. The molecule has 0 aliphatic carbocycles. The number of carbonyl (C=O) groups excluding carboxylic acids is 3.